The van der Waals surface area contributed by atoms with Crippen LogP contribution in [0.25, 0.3) is 23.0 Å². The largest absolute Gasteiger partial charge is 0.274 e. The van der Waals surface area contributed by atoms with Crippen LogP contribution in [0.4, 0.5) is 0 Å². The Hall–Kier alpha value is -3.89. The van der Waals surface area contributed by atoms with Gasteiger partial charge >= 0.3 is 0 Å². The summed E-state index contributed by atoms with van der Waals surface area (Å²) in [7, 11) is 0. The average Bonchev–Trinajstić information content (AvgIpc) is 3.32. The van der Waals surface area contributed by atoms with Crippen LogP contribution < -0.4 is 0 Å². The molecule has 0 fully saturated rings. The predicted octanol–water partition coefficient (Wildman–Crippen LogP) is 6.04. The second kappa shape index (κ2) is 11.2. The van der Waals surface area contributed by atoms with E-state index in [0.29, 0.717) is 11.1 Å². The molecule has 2 amide bonds. The Morgan fingerprint density at radius 2 is 1.75 bits per heavy atom. The van der Waals surface area contributed by atoms with E-state index in [-0.39, 0.29) is 12.1 Å². The number of thioether (sulfide) groups is 1. The lowest BCUT2D eigenvalue weighted by Gasteiger charge is -2.26. The number of aromatic nitrogens is 2. The molecule has 0 spiro atoms. The van der Waals surface area contributed by atoms with Gasteiger partial charge in [0.2, 0.25) is 0 Å². The highest BCUT2D eigenvalue weighted by Crippen LogP contribution is 2.32. The Kier molecular flexibility index (Phi) is 7.87. The fraction of sp³-hybridized carbons (Fsp3) is 0.241. The van der Waals surface area contributed by atoms with Crippen molar-refractivity contribution in [1.82, 2.24) is 14.7 Å². The SMILES string of the molecule is CCCCSc1ccc(-c2nn(-c3ccccc3)cc2/C=C2/C(=O)N(CC)C(=O)C(C#N)=C2C)cc1. The zero-order valence-corrected chi connectivity index (χ0v) is 21.5. The van der Waals surface area contributed by atoms with E-state index >= 15 is 0 Å². The van der Waals surface area contributed by atoms with E-state index in [1.165, 1.54) is 17.7 Å². The molecule has 0 aliphatic carbocycles. The lowest BCUT2D eigenvalue weighted by molar-refractivity contribution is -0.140. The topological polar surface area (TPSA) is 79.0 Å². The minimum absolute atomic E-state index is 0.00634. The molecule has 7 heteroatoms. The molecule has 6 nitrogen and oxygen atoms in total. The van der Waals surface area contributed by atoms with Crippen LogP contribution in [0, 0.1) is 11.3 Å². The Morgan fingerprint density at radius 1 is 1.03 bits per heavy atom. The molecule has 1 aliphatic heterocycles. The van der Waals surface area contributed by atoms with Gasteiger partial charge in [-0.1, -0.05) is 43.7 Å². The molecule has 0 bridgehead atoms. The zero-order valence-electron chi connectivity index (χ0n) is 20.7. The van der Waals surface area contributed by atoms with Gasteiger partial charge in [-0.3, -0.25) is 14.5 Å². The minimum Gasteiger partial charge on any atom is -0.274 e. The van der Waals surface area contributed by atoms with E-state index in [9.17, 15) is 14.9 Å². The molecule has 0 unspecified atom stereocenters. The maximum Gasteiger partial charge on any atom is 0.271 e. The number of likely N-dealkylation sites (N-methyl/N-ethyl adjacent to an activating group) is 1. The third-order valence-corrected chi connectivity index (χ3v) is 7.20. The number of nitrogens with zero attached hydrogens (tertiary/aromatic N) is 4. The Morgan fingerprint density at radius 3 is 2.39 bits per heavy atom. The number of hydrogen-bond donors (Lipinski definition) is 0. The summed E-state index contributed by atoms with van der Waals surface area (Å²) in [5.41, 5.74) is 3.97. The van der Waals surface area contributed by atoms with E-state index in [4.69, 9.17) is 5.10 Å². The third-order valence-electron chi connectivity index (χ3n) is 6.10. The molecule has 2 aromatic carbocycles. The molecule has 0 atom stereocenters. The molecule has 182 valence electrons. The van der Waals surface area contributed by atoms with Gasteiger partial charge in [0.05, 0.1) is 11.4 Å². The van der Waals surface area contributed by atoms with Crippen molar-refractivity contribution in [2.45, 2.75) is 38.5 Å². The van der Waals surface area contributed by atoms with Crippen molar-refractivity contribution >= 4 is 29.7 Å². The summed E-state index contributed by atoms with van der Waals surface area (Å²) >= 11 is 1.83. The maximum absolute atomic E-state index is 13.2. The number of hydrogen-bond acceptors (Lipinski definition) is 5. The highest BCUT2D eigenvalue weighted by atomic mass is 32.2. The molecule has 2 heterocycles. The molecule has 4 rings (SSSR count). The first-order valence-electron chi connectivity index (χ1n) is 12.1. The zero-order chi connectivity index (χ0) is 25.7. The van der Waals surface area contributed by atoms with Gasteiger partial charge in [0.25, 0.3) is 11.8 Å². The molecule has 0 N–H and O–H groups in total. The minimum atomic E-state index is -0.545. The Bertz CT molecular complexity index is 1380. The quantitative estimate of drug-likeness (QED) is 0.164. The van der Waals surface area contributed by atoms with Crippen LogP contribution in [0.15, 0.2) is 82.4 Å². The number of imide groups is 1. The second-order valence-electron chi connectivity index (χ2n) is 8.46. The van der Waals surface area contributed by atoms with Gasteiger partial charge in [0.1, 0.15) is 11.6 Å². The van der Waals surface area contributed by atoms with Gasteiger partial charge in [0, 0.05) is 34.3 Å². The molecular weight excluding hydrogens is 468 g/mol. The van der Waals surface area contributed by atoms with Crippen LogP contribution in [-0.2, 0) is 9.59 Å². The fourth-order valence-electron chi connectivity index (χ4n) is 4.05. The second-order valence-corrected chi connectivity index (χ2v) is 9.63. The standard InChI is InChI=1S/C29H28N4O2S/c1-4-6-16-36-24-14-12-21(13-15-24)27-22(19-33(31-27)23-10-8-7-9-11-23)17-25-20(3)26(18-30)29(35)32(5-2)28(25)34/h7-15,17,19H,4-6,16H2,1-3H3/b25-17+. The van der Waals surface area contributed by atoms with Crippen LogP contribution >= 0.6 is 11.8 Å². The van der Waals surface area contributed by atoms with Crippen molar-refractivity contribution in [3.05, 3.63) is 83.1 Å². The van der Waals surface area contributed by atoms with Crippen LogP contribution in [0.2, 0.25) is 0 Å². The number of unbranched alkanes of at least 4 members (excludes halogenated alkanes) is 1. The number of amides is 2. The normalized spacial score (nSPS) is 15.1. The summed E-state index contributed by atoms with van der Waals surface area (Å²) < 4.78 is 1.78. The summed E-state index contributed by atoms with van der Waals surface area (Å²) in [6.45, 7) is 5.76. The Labute approximate surface area is 215 Å². The number of carbonyl (C=O) groups is 2. The van der Waals surface area contributed by atoms with Crippen molar-refractivity contribution in [2.75, 3.05) is 12.3 Å². The average molecular weight is 497 g/mol. The van der Waals surface area contributed by atoms with Crippen molar-refractivity contribution in [2.24, 2.45) is 0 Å². The molecule has 0 saturated heterocycles. The van der Waals surface area contributed by atoms with Crippen molar-refractivity contribution in [3.8, 4) is 23.0 Å². The fourth-order valence-corrected chi connectivity index (χ4v) is 5.04. The van der Waals surface area contributed by atoms with E-state index < -0.39 is 11.8 Å². The summed E-state index contributed by atoms with van der Waals surface area (Å²) in [6, 6.07) is 20.0. The van der Waals surface area contributed by atoms with Crippen LogP contribution in [0.3, 0.4) is 0 Å². The van der Waals surface area contributed by atoms with Gasteiger partial charge < -0.3 is 0 Å². The van der Waals surface area contributed by atoms with Crippen molar-refractivity contribution in [1.29, 1.82) is 5.26 Å². The first-order valence-corrected chi connectivity index (χ1v) is 13.0. The third kappa shape index (κ3) is 5.05. The van der Waals surface area contributed by atoms with Gasteiger partial charge in [-0.25, -0.2) is 4.68 Å². The number of carbonyl (C=O) groups excluding carboxylic acids is 2. The molecule has 0 radical (unpaired) electrons. The number of rotatable bonds is 8. The molecule has 1 aliphatic rings. The summed E-state index contributed by atoms with van der Waals surface area (Å²) in [5, 5.41) is 14.4. The number of nitriles is 1. The van der Waals surface area contributed by atoms with Gasteiger partial charge in [-0.05, 0) is 61.9 Å². The van der Waals surface area contributed by atoms with E-state index in [2.05, 4.69) is 19.1 Å². The number of para-hydroxylation sites is 1. The van der Waals surface area contributed by atoms with E-state index in [1.54, 1.807) is 24.6 Å². The van der Waals surface area contributed by atoms with Crippen molar-refractivity contribution in [3.63, 3.8) is 0 Å². The van der Waals surface area contributed by atoms with Crippen LogP contribution in [-0.4, -0.2) is 38.8 Å². The van der Waals surface area contributed by atoms with E-state index in [0.717, 1.165) is 33.2 Å². The molecule has 3 aromatic rings. The van der Waals surface area contributed by atoms with Crippen molar-refractivity contribution < 1.29 is 9.59 Å². The first-order chi connectivity index (χ1) is 17.5. The lowest BCUT2D eigenvalue weighted by Crippen LogP contribution is -2.42. The number of benzene rings is 2. The smallest absolute Gasteiger partial charge is 0.271 e. The van der Waals surface area contributed by atoms with Gasteiger partial charge in [0.15, 0.2) is 0 Å². The molecule has 0 saturated carbocycles. The van der Waals surface area contributed by atoms with Gasteiger partial charge in [-0.2, -0.15) is 10.4 Å². The van der Waals surface area contributed by atoms with Crippen LogP contribution in [0.1, 0.15) is 39.2 Å². The lowest BCUT2D eigenvalue weighted by atomic mass is 9.93. The first kappa shape index (κ1) is 25.2. The Balaban J connectivity index is 1.82. The summed E-state index contributed by atoms with van der Waals surface area (Å²) in [5.74, 6) is 0.133. The summed E-state index contributed by atoms with van der Waals surface area (Å²) in [4.78, 5) is 28.1. The monoisotopic (exact) mass is 496 g/mol. The molecular formula is C29H28N4O2S. The van der Waals surface area contributed by atoms with E-state index in [1.807, 2.05) is 66.5 Å². The highest BCUT2D eigenvalue weighted by molar-refractivity contribution is 7.99. The van der Waals surface area contributed by atoms with Gasteiger partial charge in [-0.15, -0.1) is 11.8 Å². The highest BCUT2D eigenvalue weighted by Gasteiger charge is 2.34. The predicted molar refractivity (Wildman–Crippen MR) is 143 cm³/mol. The maximum atomic E-state index is 13.2. The van der Waals surface area contributed by atoms with Crippen LogP contribution in [0.5, 0.6) is 0 Å². The summed E-state index contributed by atoms with van der Waals surface area (Å²) in [6.07, 6.45) is 5.96. The molecule has 36 heavy (non-hydrogen) atoms. The molecule has 1 aromatic heterocycles.